The summed E-state index contributed by atoms with van der Waals surface area (Å²) in [7, 11) is 0. The Morgan fingerprint density at radius 3 is 2.55 bits per heavy atom. The smallest absolute Gasteiger partial charge is 0.116 e. The number of nitriles is 1. The normalized spacial score (nSPS) is 18.8. The van der Waals surface area contributed by atoms with Crippen LogP contribution in [0.4, 0.5) is 0 Å². The quantitative estimate of drug-likeness (QED) is 0.611. The molecular formula is C9H14N2. The van der Waals surface area contributed by atoms with Gasteiger partial charge in [0.05, 0.1) is 0 Å². The summed E-state index contributed by atoms with van der Waals surface area (Å²) < 4.78 is 0. The number of hydrogen-bond donors (Lipinski definition) is 1. The van der Waals surface area contributed by atoms with Crippen LogP contribution in [-0.4, -0.2) is 6.04 Å². The van der Waals surface area contributed by atoms with Crippen molar-refractivity contribution in [2.24, 2.45) is 0 Å². The molecule has 0 amide bonds. The minimum atomic E-state index is 0.510. The standard InChI is InChI=1S/C9H14N2/c1-8(7-10)11-9-5-3-2-4-6-9/h9,11H,1-6H2. The van der Waals surface area contributed by atoms with Gasteiger partial charge in [-0.15, -0.1) is 0 Å². The van der Waals surface area contributed by atoms with Crippen LogP contribution >= 0.6 is 0 Å². The molecule has 1 rings (SSSR count). The van der Waals surface area contributed by atoms with Crippen molar-refractivity contribution in [3.63, 3.8) is 0 Å². The molecule has 11 heavy (non-hydrogen) atoms. The third-order valence-corrected chi connectivity index (χ3v) is 2.12. The highest BCUT2D eigenvalue weighted by molar-refractivity contribution is 5.14. The topological polar surface area (TPSA) is 35.8 Å². The Morgan fingerprint density at radius 1 is 1.36 bits per heavy atom. The molecule has 1 saturated carbocycles. The van der Waals surface area contributed by atoms with E-state index < -0.39 is 0 Å². The minimum Gasteiger partial charge on any atom is -0.374 e. The Labute approximate surface area is 67.9 Å². The van der Waals surface area contributed by atoms with Gasteiger partial charge >= 0.3 is 0 Å². The maximum Gasteiger partial charge on any atom is 0.116 e. The second-order valence-electron chi connectivity index (χ2n) is 3.07. The number of allylic oxidation sites excluding steroid dienone is 1. The van der Waals surface area contributed by atoms with Gasteiger partial charge < -0.3 is 5.32 Å². The van der Waals surface area contributed by atoms with Gasteiger partial charge in [0, 0.05) is 6.04 Å². The van der Waals surface area contributed by atoms with Gasteiger partial charge in [-0.1, -0.05) is 25.8 Å². The molecule has 1 N–H and O–H groups in total. The molecule has 0 heterocycles. The fourth-order valence-corrected chi connectivity index (χ4v) is 1.53. The lowest BCUT2D eigenvalue weighted by atomic mass is 9.95. The van der Waals surface area contributed by atoms with Crippen molar-refractivity contribution in [1.29, 1.82) is 5.26 Å². The first-order valence-electron chi connectivity index (χ1n) is 4.18. The van der Waals surface area contributed by atoms with E-state index in [1.54, 1.807) is 0 Å². The van der Waals surface area contributed by atoms with Gasteiger partial charge in [0.1, 0.15) is 11.8 Å². The lowest BCUT2D eigenvalue weighted by Gasteiger charge is -2.22. The monoisotopic (exact) mass is 150 g/mol. The van der Waals surface area contributed by atoms with Crippen LogP contribution in [0, 0.1) is 11.3 Å². The summed E-state index contributed by atoms with van der Waals surface area (Å²) in [6.45, 7) is 3.60. The van der Waals surface area contributed by atoms with Crippen molar-refractivity contribution in [2.45, 2.75) is 38.1 Å². The van der Waals surface area contributed by atoms with Gasteiger partial charge in [-0.25, -0.2) is 0 Å². The Balaban J connectivity index is 2.25. The zero-order valence-electron chi connectivity index (χ0n) is 6.77. The van der Waals surface area contributed by atoms with Crippen molar-refractivity contribution in [1.82, 2.24) is 5.32 Å². The van der Waals surface area contributed by atoms with Crippen LogP contribution in [0.3, 0.4) is 0 Å². The Bertz CT molecular complexity index is 172. The van der Waals surface area contributed by atoms with Crippen LogP contribution in [0.5, 0.6) is 0 Å². The summed E-state index contributed by atoms with van der Waals surface area (Å²) >= 11 is 0. The number of rotatable bonds is 2. The molecule has 0 radical (unpaired) electrons. The molecule has 0 aliphatic heterocycles. The molecule has 0 unspecified atom stereocenters. The minimum absolute atomic E-state index is 0.510. The van der Waals surface area contributed by atoms with E-state index >= 15 is 0 Å². The van der Waals surface area contributed by atoms with E-state index in [0.29, 0.717) is 11.7 Å². The van der Waals surface area contributed by atoms with E-state index in [9.17, 15) is 0 Å². The highest BCUT2D eigenvalue weighted by Gasteiger charge is 2.12. The molecular weight excluding hydrogens is 136 g/mol. The van der Waals surface area contributed by atoms with Crippen molar-refractivity contribution in [2.75, 3.05) is 0 Å². The zero-order valence-corrected chi connectivity index (χ0v) is 6.77. The van der Waals surface area contributed by atoms with E-state index in [4.69, 9.17) is 5.26 Å². The molecule has 1 aliphatic rings. The summed E-state index contributed by atoms with van der Waals surface area (Å²) in [5.41, 5.74) is 0.511. The van der Waals surface area contributed by atoms with Crippen molar-refractivity contribution in [3.05, 3.63) is 12.3 Å². The van der Waals surface area contributed by atoms with Gasteiger partial charge in [0.25, 0.3) is 0 Å². The third-order valence-electron chi connectivity index (χ3n) is 2.12. The van der Waals surface area contributed by atoms with Crippen molar-refractivity contribution >= 4 is 0 Å². The summed E-state index contributed by atoms with van der Waals surface area (Å²) in [5.74, 6) is 0. The fraction of sp³-hybridized carbons (Fsp3) is 0.667. The number of nitrogens with one attached hydrogen (secondary N) is 1. The molecule has 2 heteroatoms. The Morgan fingerprint density at radius 2 is 2.00 bits per heavy atom. The van der Waals surface area contributed by atoms with Crippen LogP contribution in [0.2, 0.25) is 0 Å². The second-order valence-corrected chi connectivity index (χ2v) is 3.07. The maximum absolute atomic E-state index is 8.45. The van der Waals surface area contributed by atoms with Crippen LogP contribution in [0.25, 0.3) is 0 Å². The third kappa shape index (κ3) is 2.63. The molecule has 0 bridgehead atoms. The summed E-state index contributed by atoms with van der Waals surface area (Å²) in [6.07, 6.45) is 6.31. The highest BCUT2D eigenvalue weighted by atomic mass is 14.9. The average molecular weight is 150 g/mol. The predicted octanol–water partition coefficient (Wildman–Crippen LogP) is 1.95. The number of nitrogens with zero attached hydrogens (tertiary/aromatic N) is 1. The molecule has 0 aromatic carbocycles. The number of hydrogen-bond acceptors (Lipinski definition) is 2. The van der Waals surface area contributed by atoms with E-state index in [2.05, 4.69) is 11.9 Å². The molecule has 1 aliphatic carbocycles. The fourth-order valence-electron chi connectivity index (χ4n) is 1.53. The van der Waals surface area contributed by atoms with E-state index in [1.807, 2.05) is 6.07 Å². The van der Waals surface area contributed by atoms with Crippen molar-refractivity contribution in [3.8, 4) is 6.07 Å². The molecule has 1 fully saturated rings. The second kappa shape index (κ2) is 4.02. The SMILES string of the molecule is C=C(C#N)NC1CCCCC1. The first-order valence-corrected chi connectivity index (χ1v) is 4.18. The first kappa shape index (κ1) is 8.13. The zero-order chi connectivity index (χ0) is 8.10. The Kier molecular flexibility index (Phi) is 2.97. The van der Waals surface area contributed by atoms with Gasteiger partial charge in [0.15, 0.2) is 0 Å². The molecule has 0 aromatic heterocycles. The van der Waals surface area contributed by atoms with Crippen molar-refractivity contribution < 1.29 is 0 Å². The Hall–Kier alpha value is -0.970. The molecule has 60 valence electrons. The molecule has 0 atom stereocenters. The van der Waals surface area contributed by atoms with Gasteiger partial charge in [-0.3, -0.25) is 0 Å². The largest absolute Gasteiger partial charge is 0.374 e. The van der Waals surface area contributed by atoms with E-state index in [0.717, 1.165) is 0 Å². The average Bonchev–Trinajstić information content (AvgIpc) is 2.06. The lowest BCUT2D eigenvalue weighted by Crippen LogP contribution is -2.29. The summed E-state index contributed by atoms with van der Waals surface area (Å²) in [6, 6.07) is 2.52. The molecule has 2 nitrogen and oxygen atoms in total. The van der Waals surface area contributed by atoms with Gasteiger partial charge in [-0.2, -0.15) is 5.26 Å². The first-order chi connectivity index (χ1) is 5.33. The van der Waals surface area contributed by atoms with Crippen LogP contribution in [-0.2, 0) is 0 Å². The van der Waals surface area contributed by atoms with E-state index in [-0.39, 0.29) is 0 Å². The van der Waals surface area contributed by atoms with Crippen LogP contribution in [0.1, 0.15) is 32.1 Å². The van der Waals surface area contributed by atoms with Crippen LogP contribution < -0.4 is 5.32 Å². The van der Waals surface area contributed by atoms with E-state index in [1.165, 1.54) is 32.1 Å². The van der Waals surface area contributed by atoms with Gasteiger partial charge in [-0.05, 0) is 12.8 Å². The molecule has 0 spiro atoms. The molecule has 0 aromatic rings. The highest BCUT2D eigenvalue weighted by Crippen LogP contribution is 2.17. The van der Waals surface area contributed by atoms with Gasteiger partial charge in [0.2, 0.25) is 0 Å². The summed E-state index contributed by atoms with van der Waals surface area (Å²) in [5, 5.41) is 11.6. The summed E-state index contributed by atoms with van der Waals surface area (Å²) in [4.78, 5) is 0. The molecule has 0 saturated heterocycles. The van der Waals surface area contributed by atoms with Crippen LogP contribution in [0.15, 0.2) is 12.3 Å². The lowest BCUT2D eigenvalue weighted by molar-refractivity contribution is 0.400. The predicted molar refractivity (Wildman–Crippen MR) is 44.8 cm³/mol. The maximum atomic E-state index is 8.45.